The van der Waals surface area contributed by atoms with Crippen LogP contribution < -0.4 is 9.47 Å². The monoisotopic (exact) mass is 659 g/mol. The molecule has 0 amide bonds. The average molecular weight is 660 g/mol. The molecule has 3 aromatic heterocycles. The number of hydrogen-bond donors (Lipinski definition) is 1. The van der Waals surface area contributed by atoms with Gasteiger partial charge in [-0.2, -0.15) is 0 Å². The van der Waals surface area contributed by atoms with E-state index >= 15 is 8.78 Å². The standard InChI is InChI=1S/C30H25ClF3N5O5S/c1-30(2)13-43-11-23(30)39-22-8-15(28(40)41)6-17(31)26(22)36-24(39)9-14-7-20(34)16(10-19(14)33)21-5-4-18(32)27(35-21)44-12-25-37-38-29(42-3)45-25/h4-8,10,23H,9,11-13H2,1-3H3,(H,40,41)/t23-/m1/s1. The number of pyridine rings is 1. The zero-order valence-corrected chi connectivity index (χ0v) is 25.7. The van der Waals surface area contributed by atoms with E-state index in [4.69, 9.17) is 25.8 Å². The molecule has 234 valence electrons. The highest BCUT2D eigenvalue weighted by Gasteiger charge is 2.39. The second kappa shape index (κ2) is 11.9. The largest absolute Gasteiger partial charge is 0.478 e. The third kappa shape index (κ3) is 5.92. The number of rotatable bonds is 9. The van der Waals surface area contributed by atoms with Crippen molar-refractivity contribution in [1.82, 2.24) is 24.7 Å². The van der Waals surface area contributed by atoms with Crippen molar-refractivity contribution >= 4 is 39.9 Å². The second-order valence-electron chi connectivity index (χ2n) is 11.1. The third-order valence-corrected chi connectivity index (χ3v) is 8.71. The predicted molar refractivity (Wildman–Crippen MR) is 158 cm³/mol. The molecule has 1 saturated heterocycles. The minimum atomic E-state index is -1.16. The van der Waals surface area contributed by atoms with Crippen molar-refractivity contribution in [3.8, 4) is 22.3 Å². The van der Waals surface area contributed by atoms with Crippen molar-refractivity contribution in [3.05, 3.63) is 80.8 Å². The summed E-state index contributed by atoms with van der Waals surface area (Å²) in [6, 6.07) is 6.77. The molecule has 0 radical (unpaired) electrons. The van der Waals surface area contributed by atoms with E-state index in [1.54, 1.807) is 0 Å². The maximum Gasteiger partial charge on any atom is 0.335 e. The summed E-state index contributed by atoms with van der Waals surface area (Å²) in [5.41, 5.74) is 0.121. The molecule has 0 bridgehead atoms. The van der Waals surface area contributed by atoms with E-state index in [1.807, 2.05) is 18.4 Å². The first-order valence-corrected chi connectivity index (χ1v) is 14.8. The van der Waals surface area contributed by atoms with Gasteiger partial charge in [0.05, 0.1) is 48.2 Å². The Morgan fingerprint density at radius 1 is 1.13 bits per heavy atom. The summed E-state index contributed by atoms with van der Waals surface area (Å²) in [6.45, 7) is 4.58. The highest BCUT2D eigenvalue weighted by atomic mass is 35.5. The van der Waals surface area contributed by atoms with Crippen LogP contribution in [0.1, 0.15) is 46.6 Å². The van der Waals surface area contributed by atoms with Gasteiger partial charge in [0.15, 0.2) is 10.8 Å². The fourth-order valence-electron chi connectivity index (χ4n) is 5.25. The highest BCUT2D eigenvalue weighted by molar-refractivity contribution is 7.13. The van der Waals surface area contributed by atoms with E-state index < -0.39 is 29.3 Å². The summed E-state index contributed by atoms with van der Waals surface area (Å²) < 4.78 is 63.7. The number of imidazole rings is 1. The molecule has 1 atom stereocenters. The van der Waals surface area contributed by atoms with Gasteiger partial charge in [0.2, 0.25) is 0 Å². The summed E-state index contributed by atoms with van der Waals surface area (Å²) >= 11 is 7.55. The van der Waals surface area contributed by atoms with Crippen LogP contribution in [-0.4, -0.2) is 56.1 Å². The van der Waals surface area contributed by atoms with E-state index in [-0.39, 0.29) is 51.9 Å². The molecule has 0 unspecified atom stereocenters. The molecule has 1 aliphatic rings. The number of methoxy groups -OCH3 is 1. The number of nitrogens with zero attached hydrogens (tertiary/aromatic N) is 5. The van der Waals surface area contributed by atoms with Gasteiger partial charge in [-0.15, -0.1) is 5.10 Å². The van der Waals surface area contributed by atoms with Crippen LogP contribution >= 0.6 is 22.9 Å². The number of halogens is 4. The number of hydrogen-bond acceptors (Lipinski definition) is 9. The number of benzene rings is 2. The van der Waals surface area contributed by atoms with Gasteiger partial charge >= 0.3 is 5.97 Å². The summed E-state index contributed by atoms with van der Waals surface area (Å²) in [6.07, 6.45) is -0.139. The maximum absolute atomic E-state index is 15.7. The van der Waals surface area contributed by atoms with Gasteiger partial charge in [0.1, 0.15) is 29.6 Å². The van der Waals surface area contributed by atoms with Gasteiger partial charge < -0.3 is 23.9 Å². The molecule has 4 heterocycles. The Bertz CT molecular complexity index is 1950. The Kier molecular flexibility index (Phi) is 8.14. The molecule has 45 heavy (non-hydrogen) atoms. The molecular weight excluding hydrogens is 635 g/mol. The average Bonchev–Trinajstić information content (AvgIpc) is 3.70. The van der Waals surface area contributed by atoms with E-state index in [2.05, 4.69) is 20.2 Å². The lowest BCUT2D eigenvalue weighted by molar-refractivity contribution is 0.0697. The van der Waals surface area contributed by atoms with Gasteiger partial charge in [-0.1, -0.05) is 41.9 Å². The summed E-state index contributed by atoms with van der Waals surface area (Å²) in [4.78, 5) is 20.5. The lowest BCUT2D eigenvalue weighted by atomic mass is 9.87. The Labute approximate surface area is 263 Å². The number of carbonyl (C=O) groups is 1. The summed E-state index contributed by atoms with van der Waals surface area (Å²) in [7, 11) is 1.43. The van der Waals surface area contributed by atoms with Gasteiger partial charge in [-0.25, -0.2) is 27.9 Å². The molecule has 0 aliphatic carbocycles. The molecule has 1 aliphatic heterocycles. The number of fused-ring (bicyclic) bond motifs is 1. The van der Waals surface area contributed by atoms with Crippen molar-refractivity contribution in [3.63, 3.8) is 0 Å². The number of carboxylic acid groups (broad SMARTS) is 1. The van der Waals surface area contributed by atoms with Crippen LogP contribution in [0.15, 0.2) is 36.4 Å². The number of aromatic carboxylic acids is 1. The quantitative estimate of drug-likeness (QED) is 0.189. The van der Waals surface area contributed by atoms with Crippen molar-refractivity contribution in [2.24, 2.45) is 5.41 Å². The predicted octanol–water partition coefficient (Wildman–Crippen LogP) is 6.49. The molecular formula is C30H25ClF3N5O5S. The number of carboxylic acids is 1. The van der Waals surface area contributed by atoms with Crippen molar-refractivity contribution in [1.29, 1.82) is 0 Å². The molecule has 6 rings (SSSR count). The Morgan fingerprint density at radius 3 is 2.62 bits per heavy atom. The van der Waals surface area contributed by atoms with Crippen molar-refractivity contribution in [2.75, 3.05) is 20.3 Å². The van der Waals surface area contributed by atoms with Gasteiger partial charge in [0.25, 0.3) is 11.1 Å². The topological polar surface area (TPSA) is 121 Å². The Hall–Kier alpha value is -4.27. The molecule has 1 fully saturated rings. The molecule has 0 saturated carbocycles. The first-order chi connectivity index (χ1) is 21.4. The summed E-state index contributed by atoms with van der Waals surface area (Å²) in [5, 5.41) is 18.1. The minimum absolute atomic E-state index is 0.0112. The van der Waals surface area contributed by atoms with Crippen molar-refractivity contribution in [2.45, 2.75) is 32.9 Å². The smallest absolute Gasteiger partial charge is 0.335 e. The van der Waals surface area contributed by atoms with Crippen LogP contribution in [0.4, 0.5) is 13.2 Å². The van der Waals surface area contributed by atoms with Crippen LogP contribution in [0, 0.1) is 22.9 Å². The lowest BCUT2D eigenvalue weighted by Gasteiger charge is -2.28. The molecule has 5 aromatic rings. The number of aromatic nitrogens is 5. The lowest BCUT2D eigenvalue weighted by Crippen LogP contribution is -2.27. The van der Waals surface area contributed by atoms with Crippen LogP contribution in [-0.2, 0) is 17.8 Å². The fraction of sp³-hybridized carbons (Fsp3) is 0.300. The van der Waals surface area contributed by atoms with E-state index in [1.165, 1.54) is 25.3 Å². The molecule has 0 spiro atoms. The van der Waals surface area contributed by atoms with Crippen LogP contribution in [0.3, 0.4) is 0 Å². The molecule has 15 heteroatoms. The number of ether oxygens (including phenoxy) is 3. The zero-order chi connectivity index (χ0) is 32.0. The SMILES string of the molecule is COc1nnc(COc2nc(-c3cc(F)c(Cc4nc5c(Cl)cc(C(=O)O)cc5n4[C@@H]4COCC4(C)C)cc3F)ccc2F)s1. The minimum Gasteiger partial charge on any atom is -0.478 e. The highest BCUT2D eigenvalue weighted by Crippen LogP contribution is 2.41. The molecule has 1 N–H and O–H groups in total. The third-order valence-electron chi connectivity index (χ3n) is 7.56. The summed E-state index contributed by atoms with van der Waals surface area (Å²) in [5.74, 6) is -3.58. The fourth-order valence-corrected chi connectivity index (χ4v) is 6.07. The first kappa shape index (κ1) is 30.7. The van der Waals surface area contributed by atoms with Crippen molar-refractivity contribution < 1.29 is 37.3 Å². The second-order valence-corrected chi connectivity index (χ2v) is 12.5. The zero-order valence-electron chi connectivity index (χ0n) is 24.1. The normalized spacial score (nSPS) is 15.9. The Morgan fingerprint density at radius 2 is 1.93 bits per heavy atom. The van der Waals surface area contributed by atoms with Gasteiger partial charge in [-0.3, -0.25) is 0 Å². The van der Waals surface area contributed by atoms with Crippen LogP contribution in [0.5, 0.6) is 11.1 Å². The molecule has 2 aromatic carbocycles. The first-order valence-electron chi connectivity index (χ1n) is 13.6. The van der Waals surface area contributed by atoms with Crippen LogP contribution in [0.25, 0.3) is 22.3 Å². The molecule has 10 nitrogen and oxygen atoms in total. The van der Waals surface area contributed by atoms with Gasteiger partial charge in [-0.05, 0) is 42.0 Å². The maximum atomic E-state index is 15.7. The van der Waals surface area contributed by atoms with E-state index in [9.17, 15) is 14.3 Å². The van der Waals surface area contributed by atoms with E-state index in [0.29, 0.717) is 40.3 Å². The Balaban J connectivity index is 1.35. The van der Waals surface area contributed by atoms with Crippen LogP contribution in [0.2, 0.25) is 5.02 Å². The van der Waals surface area contributed by atoms with Gasteiger partial charge in [0, 0.05) is 17.4 Å². The van der Waals surface area contributed by atoms with E-state index in [0.717, 1.165) is 29.5 Å².